The van der Waals surface area contributed by atoms with Crippen LogP contribution in [-0.4, -0.2) is 25.2 Å². The van der Waals surface area contributed by atoms with Gasteiger partial charge in [0, 0.05) is 19.6 Å². The molecule has 4 rings (SSSR count). The minimum Gasteiger partial charge on any atom is -0.444 e. The molecule has 4 unspecified atom stereocenters. The number of rotatable bonds is 6. The number of hydrogen-bond donors (Lipinski definition) is 1. The molecule has 0 amide bonds. The van der Waals surface area contributed by atoms with Gasteiger partial charge in [0.25, 0.3) is 0 Å². The van der Waals surface area contributed by atoms with Crippen molar-refractivity contribution in [1.29, 1.82) is 0 Å². The van der Waals surface area contributed by atoms with E-state index in [0.29, 0.717) is 12.5 Å². The molecule has 4 atom stereocenters. The lowest BCUT2D eigenvalue weighted by atomic mass is 10.0. The summed E-state index contributed by atoms with van der Waals surface area (Å²) in [5, 5.41) is 3.27. The van der Waals surface area contributed by atoms with E-state index in [1.165, 1.54) is 19.3 Å². The Morgan fingerprint density at radius 1 is 1.37 bits per heavy atom. The van der Waals surface area contributed by atoms with Crippen LogP contribution in [0.25, 0.3) is 0 Å². The summed E-state index contributed by atoms with van der Waals surface area (Å²) in [5.74, 6) is 6.52. The van der Waals surface area contributed by atoms with Crippen molar-refractivity contribution >= 4 is 0 Å². The number of ether oxygens (including phenoxy) is 1. The van der Waals surface area contributed by atoms with Crippen molar-refractivity contribution in [2.75, 3.05) is 20.3 Å². The van der Waals surface area contributed by atoms with Gasteiger partial charge in [-0.25, -0.2) is 4.98 Å². The highest BCUT2D eigenvalue weighted by molar-refractivity contribution is 5.25. The lowest BCUT2D eigenvalue weighted by Crippen LogP contribution is -2.18. The first kappa shape index (κ1) is 11.9. The molecule has 3 aliphatic carbocycles. The van der Waals surface area contributed by atoms with Gasteiger partial charge < -0.3 is 14.5 Å². The van der Waals surface area contributed by atoms with E-state index >= 15 is 0 Å². The number of nitrogens with one attached hydrogen (secondary N) is 1. The first-order valence-electron chi connectivity index (χ1n) is 7.52. The van der Waals surface area contributed by atoms with E-state index in [-0.39, 0.29) is 0 Å². The van der Waals surface area contributed by atoms with Crippen molar-refractivity contribution in [3.63, 3.8) is 0 Å². The largest absolute Gasteiger partial charge is 0.444 e. The lowest BCUT2D eigenvalue weighted by molar-refractivity contribution is 0.198. The summed E-state index contributed by atoms with van der Waals surface area (Å²) in [5.41, 5.74) is 0. The molecule has 3 fully saturated rings. The summed E-state index contributed by atoms with van der Waals surface area (Å²) in [4.78, 5) is 4.40. The lowest BCUT2D eigenvalue weighted by Gasteiger charge is -2.05. The Hall–Kier alpha value is -0.870. The second-order valence-corrected chi connectivity index (χ2v) is 6.34. The van der Waals surface area contributed by atoms with E-state index in [4.69, 9.17) is 9.15 Å². The molecule has 1 aromatic heterocycles. The summed E-state index contributed by atoms with van der Waals surface area (Å²) >= 11 is 0. The van der Waals surface area contributed by atoms with Gasteiger partial charge in [0.2, 0.25) is 5.89 Å². The zero-order chi connectivity index (χ0) is 12.8. The van der Waals surface area contributed by atoms with Crippen LogP contribution in [0.1, 0.15) is 36.8 Å². The molecule has 0 aromatic carbocycles. The van der Waals surface area contributed by atoms with Crippen molar-refractivity contribution in [3.05, 3.63) is 17.8 Å². The van der Waals surface area contributed by atoms with Gasteiger partial charge in [-0.05, 0) is 42.9 Å². The Morgan fingerprint density at radius 2 is 2.16 bits per heavy atom. The summed E-state index contributed by atoms with van der Waals surface area (Å²) in [6.45, 7) is 2.27. The quantitative estimate of drug-likeness (QED) is 0.798. The zero-order valence-electron chi connectivity index (χ0n) is 11.5. The van der Waals surface area contributed by atoms with Crippen LogP contribution in [0.3, 0.4) is 0 Å². The fraction of sp³-hybridized carbons (Fsp3) is 0.800. The third kappa shape index (κ3) is 1.93. The third-order valence-electron chi connectivity index (χ3n) is 5.39. The van der Waals surface area contributed by atoms with Gasteiger partial charge in [-0.3, -0.25) is 0 Å². The van der Waals surface area contributed by atoms with Crippen molar-refractivity contribution in [3.8, 4) is 0 Å². The van der Waals surface area contributed by atoms with Gasteiger partial charge >= 0.3 is 0 Å². The smallest absolute Gasteiger partial charge is 0.208 e. The number of oxazole rings is 1. The first-order chi connectivity index (χ1) is 9.38. The van der Waals surface area contributed by atoms with Gasteiger partial charge in [0.1, 0.15) is 5.76 Å². The highest BCUT2D eigenvalue weighted by Gasteiger charge is 2.66. The minimum absolute atomic E-state index is 0.700. The van der Waals surface area contributed by atoms with Crippen LogP contribution in [0, 0.1) is 23.7 Å². The number of hydrogen-bond acceptors (Lipinski definition) is 4. The molecule has 19 heavy (non-hydrogen) atoms. The summed E-state index contributed by atoms with van der Waals surface area (Å²) in [6, 6.07) is 0. The highest BCUT2D eigenvalue weighted by Crippen LogP contribution is 2.73. The highest BCUT2D eigenvalue weighted by atomic mass is 16.5. The molecule has 1 N–H and O–H groups in total. The maximum Gasteiger partial charge on any atom is 0.208 e. The number of nitrogens with zero attached hydrogens (tertiary/aromatic N) is 1. The third-order valence-corrected chi connectivity index (χ3v) is 5.39. The fourth-order valence-corrected chi connectivity index (χ4v) is 4.64. The Balaban J connectivity index is 1.35. The fourth-order valence-electron chi connectivity index (χ4n) is 4.64. The van der Waals surface area contributed by atoms with Gasteiger partial charge in [-0.15, -0.1) is 0 Å². The topological polar surface area (TPSA) is 47.3 Å². The first-order valence-corrected chi connectivity index (χ1v) is 7.52. The predicted octanol–water partition coefficient (Wildman–Crippen LogP) is 2.17. The summed E-state index contributed by atoms with van der Waals surface area (Å²) in [6.07, 6.45) is 6.38. The summed E-state index contributed by atoms with van der Waals surface area (Å²) in [7, 11) is 1.71. The van der Waals surface area contributed by atoms with Crippen LogP contribution in [0.4, 0.5) is 0 Å². The van der Waals surface area contributed by atoms with E-state index in [1.807, 2.05) is 6.20 Å². The maximum atomic E-state index is 5.93. The standard InChI is InChI=1S/C15H22N2O2/c1-18-5-4-16-8-12-17-7-11(19-12)15-13-9-2-3-10(6-9)14(13)15/h7,9-10,13-16H,2-6,8H2,1H3. The molecule has 1 aromatic rings. The molecular weight excluding hydrogens is 240 g/mol. The molecule has 0 saturated heterocycles. The number of fused-ring (bicyclic) bond motifs is 5. The molecule has 0 radical (unpaired) electrons. The Morgan fingerprint density at radius 3 is 2.89 bits per heavy atom. The zero-order valence-corrected chi connectivity index (χ0v) is 11.5. The molecule has 3 aliphatic rings. The van der Waals surface area contributed by atoms with Crippen LogP contribution < -0.4 is 5.32 Å². The van der Waals surface area contributed by atoms with Gasteiger partial charge in [-0.2, -0.15) is 0 Å². The van der Waals surface area contributed by atoms with E-state index in [9.17, 15) is 0 Å². The van der Waals surface area contributed by atoms with E-state index in [2.05, 4.69) is 10.3 Å². The average molecular weight is 262 g/mol. The van der Waals surface area contributed by atoms with Gasteiger partial charge in [-0.1, -0.05) is 0 Å². The van der Waals surface area contributed by atoms with Crippen molar-refractivity contribution in [1.82, 2.24) is 10.3 Å². The van der Waals surface area contributed by atoms with E-state index < -0.39 is 0 Å². The van der Waals surface area contributed by atoms with Crippen LogP contribution >= 0.6 is 0 Å². The van der Waals surface area contributed by atoms with Crippen LogP contribution in [0.2, 0.25) is 0 Å². The Kier molecular flexibility index (Phi) is 2.88. The Labute approximate surface area is 113 Å². The molecule has 104 valence electrons. The molecule has 0 spiro atoms. The van der Waals surface area contributed by atoms with Crippen LogP contribution in [0.15, 0.2) is 10.6 Å². The monoisotopic (exact) mass is 262 g/mol. The molecule has 4 nitrogen and oxygen atoms in total. The Bertz CT molecular complexity index is 443. The molecule has 4 heteroatoms. The van der Waals surface area contributed by atoms with Gasteiger partial charge in [0.05, 0.1) is 19.3 Å². The molecular formula is C15H22N2O2. The minimum atomic E-state index is 0.700. The van der Waals surface area contributed by atoms with Crippen LogP contribution in [-0.2, 0) is 11.3 Å². The predicted molar refractivity (Wildman–Crippen MR) is 70.6 cm³/mol. The van der Waals surface area contributed by atoms with E-state index in [0.717, 1.165) is 48.5 Å². The normalized spacial score (nSPS) is 38.7. The second kappa shape index (κ2) is 4.60. The van der Waals surface area contributed by atoms with E-state index in [1.54, 1.807) is 7.11 Å². The van der Waals surface area contributed by atoms with Crippen molar-refractivity contribution in [2.24, 2.45) is 23.7 Å². The SMILES string of the molecule is COCCNCc1ncc(C2C3C4CCC(C4)C23)o1. The second-order valence-electron chi connectivity index (χ2n) is 6.34. The molecule has 3 saturated carbocycles. The van der Waals surface area contributed by atoms with Crippen molar-refractivity contribution < 1.29 is 9.15 Å². The van der Waals surface area contributed by atoms with Crippen LogP contribution in [0.5, 0.6) is 0 Å². The number of methoxy groups -OCH3 is 1. The average Bonchev–Trinajstić information content (AvgIpc) is 2.83. The van der Waals surface area contributed by atoms with Crippen molar-refractivity contribution in [2.45, 2.75) is 31.7 Å². The molecule has 1 heterocycles. The molecule has 2 bridgehead atoms. The summed E-state index contributed by atoms with van der Waals surface area (Å²) < 4.78 is 10.9. The molecule has 0 aliphatic heterocycles. The van der Waals surface area contributed by atoms with Gasteiger partial charge in [0.15, 0.2) is 0 Å². The number of aromatic nitrogens is 1. The maximum absolute atomic E-state index is 5.93.